The SMILES string of the molecule is Cc1c2c(nc3ccccc13)CCC[C@@H]2N. The highest BCUT2D eigenvalue weighted by Gasteiger charge is 2.21. The number of pyridine rings is 1. The number of rotatable bonds is 0. The Morgan fingerprint density at radius 1 is 1.31 bits per heavy atom. The Kier molecular flexibility index (Phi) is 2.18. The van der Waals surface area contributed by atoms with Crippen LogP contribution in [-0.4, -0.2) is 4.98 Å². The highest BCUT2D eigenvalue weighted by atomic mass is 14.7. The van der Waals surface area contributed by atoms with Crippen molar-refractivity contribution in [1.82, 2.24) is 4.98 Å². The van der Waals surface area contributed by atoms with Gasteiger partial charge in [-0.05, 0) is 43.4 Å². The fourth-order valence-corrected chi connectivity index (χ4v) is 2.77. The molecule has 0 aliphatic heterocycles. The molecule has 2 heteroatoms. The van der Waals surface area contributed by atoms with E-state index >= 15 is 0 Å². The molecule has 0 amide bonds. The summed E-state index contributed by atoms with van der Waals surface area (Å²) in [6.07, 6.45) is 3.33. The molecule has 0 bridgehead atoms. The zero-order valence-electron chi connectivity index (χ0n) is 9.53. The number of benzene rings is 1. The Morgan fingerprint density at radius 2 is 2.12 bits per heavy atom. The lowest BCUT2D eigenvalue weighted by Crippen LogP contribution is -2.20. The number of hydrogen-bond acceptors (Lipinski definition) is 2. The second-order valence-electron chi connectivity index (χ2n) is 4.61. The molecule has 1 heterocycles. The molecule has 82 valence electrons. The molecule has 16 heavy (non-hydrogen) atoms. The third kappa shape index (κ3) is 1.34. The van der Waals surface area contributed by atoms with E-state index in [4.69, 9.17) is 10.7 Å². The third-order valence-electron chi connectivity index (χ3n) is 3.58. The van der Waals surface area contributed by atoms with Crippen LogP contribution in [0.15, 0.2) is 24.3 Å². The molecule has 0 radical (unpaired) electrons. The molecule has 0 saturated carbocycles. The fourth-order valence-electron chi connectivity index (χ4n) is 2.77. The minimum Gasteiger partial charge on any atom is -0.324 e. The second kappa shape index (κ2) is 3.56. The van der Waals surface area contributed by atoms with Crippen molar-refractivity contribution in [2.75, 3.05) is 0 Å². The van der Waals surface area contributed by atoms with Gasteiger partial charge in [0, 0.05) is 17.1 Å². The van der Waals surface area contributed by atoms with Crippen molar-refractivity contribution in [1.29, 1.82) is 0 Å². The van der Waals surface area contributed by atoms with Gasteiger partial charge in [0.1, 0.15) is 0 Å². The molecule has 2 aromatic rings. The number of fused-ring (bicyclic) bond motifs is 2. The molecule has 1 aliphatic rings. The van der Waals surface area contributed by atoms with Crippen LogP contribution in [0.2, 0.25) is 0 Å². The molecule has 2 N–H and O–H groups in total. The maximum Gasteiger partial charge on any atom is 0.0708 e. The number of para-hydroxylation sites is 1. The van der Waals surface area contributed by atoms with Crippen molar-refractivity contribution in [2.24, 2.45) is 5.73 Å². The summed E-state index contributed by atoms with van der Waals surface area (Å²) in [5, 5.41) is 1.25. The average molecular weight is 212 g/mol. The van der Waals surface area contributed by atoms with Crippen LogP contribution in [0.3, 0.4) is 0 Å². The fraction of sp³-hybridized carbons (Fsp3) is 0.357. The molecule has 1 atom stereocenters. The second-order valence-corrected chi connectivity index (χ2v) is 4.61. The van der Waals surface area contributed by atoms with Gasteiger partial charge in [-0.3, -0.25) is 4.98 Å². The maximum atomic E-state index is 6.20. The van der Waals surface area contributed by atoms with Crippen LogP contribution < -0.4 is 5.73 Å². The predicted octanol–water partition coefficient (Wildman–Crippen LogP) is 2.88. The van der Waals surface area contributed by atoms with E-state index in [9.17, 15) is 0 Å². The molecule has 3 rings (SSSR count). The van der Waals surface area contributed by atoms with Crippen molar-refractivity contribution < 1.29 is 0 Å². The highest BCUT2D eigenvalue weighted by molar-refractivity contribution is 5.83. The number of hydrogen-bond donors (Lipinski definition) is 1. The maximum absolute atomic E-state index is 6.20. The van der Waals surface area contributed by atoms with Crippen molar-refractivity contribution in [3.05, 3.63) is 41.1 Å². The normalized spacial score (nSPS) is 19.8. The lowest BCUT2D eigenvalue weighted by molar-refractivity contribution is 0.559. The van der Waals surface area contributed by atoms with Crippen LogP contribution >= 0.6 is 0 Å². The summed E-state index contributed by atoms with van der Waals surface area (Å²) in [4.78, 5) is 4.75. The van der Waals surface area contributed by atoms with Gasteiger partial charge < -0.3 is 5.73 Å². The molecule has 1 aromatic carbocycles. The van der Waals surface area contributed by atoms with E-state index in [2.05, 4.69) is 25.1 Å². The number of nitrogens with two attached hydrogens (primary N) is 1. The van der Waals surface area contributed by atoms with E-state index < -0.39 is 0 Å². The lowest BCUT2D eigenvalue weighted by atomic mass is 9.87. The summed E-state index contributed by atoms with van der Waals surface area (Å²) in [7, 11) is 0. The van der Waals surface area contributed by atoms with E-state index in [1.807, 2.05) is 6.07 Å². The van der Waals surface area contributed by atoms with Crippen LogP contribution in [-0.2, 0) is 6.42 Å². The van der Waals surface area contributed by atoms with Gasteiger partial charge in [-0.25, -0.2) is 0 Å². The first-order chi connectivity index (χ1) is 7.77. The van der Waals surface area contributed by atoms with Crippen LogP contribution in [0.1, 0.15) is 35.7 Å². The summed E-state index contributed by atoms with van der Waals surface area (Å²) >= 11 is 0. The summed E-state index contributed by atoms with van der Waals surface area (Å²) < 4.78 is 0. The molecular formula is C14H16N2. The van der Waals surface area contributed by atoms with Gasteiger partial charge in [-0.1, -0.05) is 18.2 Å². The summed E-state index contributed by atoms with van der Waals surface area (Å²) in [6.45, 7) is 2.17. The molecule has 1 aromatic heterocycles. The first kappa shape index (κ1) is 9.79. The first-order valence-electron chi connectivity index (χ1n) is 5.91. The summed E-state index contributed by atoms with van der Waals surface area (Å²) in [5.41, 5.74) is 11.1. The average Bonchev–Trinajstić information content (AvgIpc) is 2.29. The van der Waals surface area contributed by atoms with Gasteiger partial charge in [0.2, 0.25) is 0 Å². The van der Waals surface area contributed by atoms with Gasteiger partial charge in [0.25, 0.3) is 0 Å². The molecule has 1 aliphatic carbocycles. The monoisotopic (exact) mass is 212 g/mol. The Balaban J connectivity index is 2.36. The van der Waals surface area contributed by atoms with Gasteiger partial charge in [-0.2, -0.15) is 0 Å². The zero-order chi connectivity index (χ0) is 11.1. The van der Waals surface area contributed by atoms with E-state index in [1.165, 1.54) is 28.6 Å². The number of nitrogens with zero attached hydrogens (tertiary/aromatic N) is 1. The molecule has 0 unspecified atom stereocenters. The van der Waals surface area contributed by atoms with E-state index in [0.717, 1.165) is 18.4 Å². The Hall–Kier alpha value is -1.41. The Labute approximate surface area is 95.5 Å². The van der Waals surface area contributed by atoms with Crippen LogP contribution in [0.5, 0.6) is 0 Å². The minimum absolute atomic E-state index is 0.181. The van der Waals surface area contributed by atoms with E-state index in [1.54, 1.807) is 0 Å². The summed E-state index contributed by atoms with van der Waals surface area (Å²) in [5.74, 6) is 0. The molecule has 0 spiro atoms. The third-order valence-corrected chi connectivity index (χ3v) is 3.58. The van der Waals surface area contributed by atoms with Gasteiger partial charge >= 0.3 is 0 Å². The van der Waals surface area contributed by atoms with Gasteiger partial charge in [0.05, 0.1) is 5.52 Å². The molecule has 2 nitrogen and oxygen atoms in total. The van der Waals surface area contributed by atoms with Crippen molar-refractivity contribution in [3.8, 4) is 0 Å². The Morgan fingerprint density at radius 3 is 3.00 bits per heavy atom. The summed E-state index contributed by atoms with van der Waals surface area (Å²) in [6, 6.07) is 8.52. The quantitative estimate of drug-likeness (QED) is 0.729. The van der Waals surface area contributed by atoms with E-state index in [0.29, 0.717) is 0 Å². The molecule has 0 fully saturated rings. The van der Waals surface area contributed by atoms with E-state index in [-0.39, 0.29) is 6.04 Å². The topological polar surface area (TPSA) is 38.9 Å². The molecule has 0 saturated heterocycles. The van der Waals surface area contributed by atoms with Crippen molar-refractivity contribution >= 4 is 10.9 Å². The lowest BCUT2D eigenvalue weighted by Gasteiger charge is -2.24. The standard InChI is InChI=1S/C14H16N2/c1-9-10-5-2-3-7-12(10)16-13-8-4-6-11(15)14(9)13/h2-3,5,7,11H,4,6,8,15H2,1H3/t11-/m0/s1. The highest BCUT2D eigenvalue weighted by Crippen LogP contribution is 2.33. The van der Waals surface area contributed by atoms with Crippen molar-refractivity contribution in [2.45, 2.75) is 32.2 Å². The van der Waals surface area contributed by atoms with Gasteiger partial charge in [0.15, 0.2) is 0 Å². The van der Waals surface area contributed by atoms with Gasteiger partial charge in [-0.15, -0.1) is 0 Å². The van der Waals surface area contributed by atoms with Crippen molar-refractivity contribution in [3.63, 3.8) is 0 Å². The molecular weight excluding hydrogens is 196 g/mol. The number of aromatic nitrogens is 1. The van der Waals surface area contributed by atoms with Crippen LogP contribution in [0.4, 0.5) is 0 Å². The van der Waals surface area contributed by atoms with Crippen LogP contribution in [0.25, 0.3) is 10.9 Å². The largest absolute Gasteiger partial charge is 0.324 e. The van der Waals surface area contributed by atoms with Crippen LogP contribution in [0, 0.1) is 6.92 Å². The first-order valence-corrected chi connectivity index (χ1v) is 5.91. The predicted molar refractivity (Wildman–Crippen MR) is 66.3 cm³/mol. The Bertz CT molecular complexity index is 546. The number of aryl methyl sites for hydroxylation is 2. The zero-order valence-corrected chi connectivity index (χ0v) is 9.53. The smallest absolute Gasteiger partial charge is 0.0708 e. The minimum atomic E-state index is 0.181.